The van der Waals surface area contributed by atoms with Crippen molar-refractivity contribution in [1.29, 1.82) is 0 Å². The van der Waals surface area contributed by atoms with Gasteiger partial charge in [0.05, 0.1) is 13.1 Å². The van der Waals surface area contributed by atoms with Gasteiger partial charge >= 0.3 is 0 Å². The van der Waals surface area contributed by atoms with Crippen LogP contribution in [0.15, 0.2) is 0 Å². The zero-order valence-electron chi connectivity index (χ0n) is 12.5. The van der Waals surface area contributed by atoms with Gasteiger partial charge in [-0.3, -0.25) is 4.79 Å². The average Bonchev–Trinajstić information content (AvgIpc) is 2.32. The van der Waals surface area contributed by atoms with Gasteiger partial charge in [-0.25, -0.2) is 0 Å². The second kappa shape index (κ2) is 6.23. The standard InChI is InChI=1S/C15H27NO3/c1-12(2)8-14(17)16-10-15(11-16)9-13(4-6-18-3)5-7-19-15/h12-13H,4-11H2,1-3H3/t13-/m0/s1. The Hall–Kier alpha value is -0.610. The first-order chi connectivity index (χ1) is 9.04. The van der Waals surface area contributed by atoms with Crippen molar-refractivity contribution >= 4 is 5.91 Å². The molecule has 0 aromatic heterocycles. The summed E-state index contributed by atoms with van der Waals surface area (Å²) in [6, 6.07) is 0. The molecule has 0 aromatic carbocycles. The topological polar surface area (TPSA) is 38.8 Å². The molecule has 4 nitrogen and oxygen atoms in total. The molecule has 110 valence electrons. The normalized spacial score (nSPS) is 25.7. The zero-order chi connectivity index (χ0) is 13.9. The van der Waals surface area contributed by atoms with Crippen molar-refractivity contribution in [2.45, 2.75) is 45.1 Å². The van der Waals surface area contributed by atoms with Crippen LogP contribution in [0.3, 0.4) is 0 Å². The number of ether oxygens (including phenoxy) is 2. The van der Waals surface area contributed by atoms with E-state index >= 15 is 0 Å². The second-order valence-corrected chi connectivity index (χ2v) is 6.52. The van der Waals surface area contributed by atoms with Gasteiger partial charge in [0.2, 0.25) is 5.91 Å². The molecular weight excluding hydrogens is 242 g/mol. The summed E-state index contributed by atoms with van der Waals surface area (Å²) in [7, 11) is 1.75. The fourth-order valence-corrected chi connectivity index (χ4v) is 3.18. The highest BCUT2D eigenvalue weighted by molar-refractivity contribution is 5.77. The molecule has 0 N–H and O–H groups in total. The molecule has 1 atom stereocenters. The summed E-state index contributed by atoms with van der Waals surface area (Å²) < 4.78 is 11.1. The molecule has 0 bridgehead atoms. The summed E-state index contributed by atoms with van der Waals surface area (Å²) in [6.45, 7) is 7.43. The summed E-state index contributed by atoms with van der Waals surface area (Å²) in [4.78, 5) is 13.9. The predicted octanol–water partition coefficient (Wildman–Crippen LogP) is 2.08. The number of hydrogen-bond donors (Lipinski definition) is 0. The number of nitrogens with zero attached hydrogens (tertiary/aromatic N) is 1. The first kappa shape index (κ1) is 14.8. The maximum absolute atomic E-state index is 12.0. The molecule has 0 aliphatic carbocycles. The summed E-state index contributed by atoms with van der Waals surface area (Å²) in [5.41, 5.74) is -0.0384. The van der Waals surface area contributed by atoms with Crippen LogP contribution >= 0.6 is 0 Å². The van der Waals surface area contributed by atoms with E-state index in [4.69, 9.17) is 9.47 Å². The highest BCUT2D eigenvalue weighted by Crippen LogP contribution is 2.38. The van der Waals surface area contributed by atoms with Crippen molar-refractivity contribution in [3.8, 4) is 0 Å². The van der Waals surface area contributed by atoms with Crippen molar-refractivity contribution in [2.75, 3.05) is 33.4 Å². The molecule has 4 heteroatoms. The Bertz CT molecular complexity index is 311. The number of amides is 1. The van der Waals surface area contributed by atoms with Crippen LogP contribution in [0.1, 0.15) is 39.5 Å². The Kier molecular flexibility index (Phi) is 4.85. The molecule has 0 saturated carbocycles. The third kappa shape index (κ3) is 3.69. The monoisotopic (exact) mass is 269 g/mol. The molecule has 0 aromatic rings. The molecule has 1 amide bonds. The lowest BCUT2D eigenvalue weighted by Gasteiger charge is -2.53. The van der Waals surface area contributed by atoms with Gasteiger partial charge in [0.15, 0.2) is 0 Å². The largest absolute Gasteiger partial charge is 0.385 e. The van der Waals surface area contributed by atoms with Gasteiger partial charge in [-0.1, -0.05) is 13.8 Å². The Morgan fingerprint density at radius 3 is 2.84 bits per heavy atom. The molecule has 0 radical (unpaired) electrons. The van der Waals surface area contributed by atoms with E-state index in [2.05, 4.69) is 13.8 Å². The highest BCUT2D eigenvalue weighted by Gasteiger charge is 2.48. The lowest BCUT2D eigenvalue weighted by molar-refractivity contribution is -0.189. The molecular formula is C15H27NO3. The first-order valence-electron chi connectivity index (χ1n) is 7.45. The van der Waals surface area contributed by atoms with Gasteiger partial charge in [0.25, 0.3) is 0 Å². The van der Waals surface area contributed by atoms with Crippen LogP contribution in [0.5, 0.6) is 0 Å². The molecule has 2 aliphatic heterocycles. The van der Waals surface area contributed by atoms with Crippen LogP contribution in [0.2, 0.25) is 0 Å². The smallest absolute Gasteiger partial charge is 0.223 e. The van der Waals surface area contributed by atoms with E-state index in [0.717, 1.165) is 45.6 Å². The minimum atomic E-state index is -0.0384. The maximum Gasteiger partial charge on any atom is 0.223 e. The first-order valence-corrected chi connectivity index (χ1v) is 7.45. The highest BCUT2D eigenvalue weighted by atomic mass is 16.5. The lowest BCUT2D eigenvalue weighted by Crippen LogP contribution is -2.66. The summed E-state index contributed by atoms with van der Waals surface area (Å²) in [5.74, 6) is 1.41. The van der Waals surface area contributed by atoms with Crippen LogP contribution < -0.4 is 0 Å². The van der Waals surface area contributed by atoms with Gasteiger partial charge in [-0.15, -0.1) is 0 Å². The number of rotatable bonds is 5. The van der Waals surface area contributed by atoms with Crippen molar-refractivity contribution < 1.29 is 14.3 Å². The van der Waals surface area contributed by atoms with Gasteiger partial charge in [-0.05, 0) is 31.1 Å². The lowest BCUT2D eigenvalue weighted by atomic mass is 9.79. The van der Waals surface area contributed by atoms with Crippen molar-refractivity contribution in [3.63, 3.8) is 0 Å². The Morgan fingerprint density at radius 1 is 1.47 bits per heavy atom. The van der Waals surface area contributed by atoms with E-state index in [1.165, 1.54) is 0 Å². The number of carbonyl (C=O) groups excluding carboxylic acids is 1. The SMILES string of the molecule is COCC[C@H]1CCOC2(C1)CN(C(=O)CC(C)C)C2. The van der Waals surface area contributed by atoms with Crippen LogP contribution in [0.4, 0.5) is 0 Å². The van der Waals surface area contributed by atoms with Crippen LogP contribution in [0.25, 0.3) is 0 Å². The predicted molar refractivity (Wildman–Crippen MR) is 73.9 cm³/mol. The fraction of sp³-hybridized carbons (Fsp3) is 0.933. The zero-order valence-corrected chi connectivity index (χ0v) is 12.5. The minimum absolute atomic E-state index is 0.0384. The van der Waals surface area contributed by atoms with Gasteiger partial charge < -0.3 is 14.4 Å². The van der Waals surface area contributed by atoms with E-state index in [-0.39, 0.29) is 11.5 Å². The molecule has 2 fully saturated rings. The quantitative estimate of drug-likeness (QED) is 0.767. The van der Waals surface area contributed by atoms with E-state index in [9.17, 15) is 4.79 Å². The fourth-order valence-electron chi connectivity index (χ4n) is 3.18. The van der Waals surface area contributed by atoms with Crippen LogP contribution in [-0.2, 0) is 14.3 Å². The molecule has 2 aliphatic rings. The molecule has 2 heterocycles. The Morgan fingerprint density at radius 2 is 2.21 bits per heavy atom. The molecule has 1 spiro atoms. The molecule has 2 rings (SSSR count). The Balaban J connectivity index is 1.78. The van der Waals surface area contributed by atoms with E-state index in [1.54, 1.807) is 7.11 Å². The van der Waals surface area contributed by atoms with Crippen molar-refractivity contribution in [3.05, 3.63) is 0 Å². The minimum Gasteiger partial charge on any atom is -0.385 e. The summed E-state index contributed by atoms with van der Waals surface area (Å²) >= 11 is 0. The van der Waals surface area contributed by atoms with Gasteiger partial charge in [0.1, 0.15) is 5.60 Å². The number of likely N-dealkylation sites (tertiary alicyclic amines) is 1. The van der Waals surface area contributed by atoms with Crippen molar-refractivity contribution in [2.24, 2.45) is 11.8 Å². The Labute approximate surface area is 116 Å². The van der Waals surface area contributed by atoms with E-state index < -0.39 is 0 Å². The van der Waals surface area contributed by atoms with Gasteiger partial charge in [-0.2, -0.15) is 0 Å². The van der Waals surface area contributed by atoms with Gasteiger partial charge in [0, 0.05) is 26.7 Å². The average molecular weight is 269 g/mol. The molecule has 0 unspecified atom stereocenters. The van der Waals surface area contributed by atoms with E-state index in [1.807, 2.05) is 4.90 Å². The second-order valence-electron chi connectivity index (χ2n) is 6.52. The van der Waals surface area contributed by atoms with E-state index in [0.29, 0.717) is 18.3 Å². The van der Waals surface area contributed by atoms with Crippen LogP contribution in [-0.4, -0.2) is 49.8 Å². The van der Waals surface area contributed by atoms with Crippen LogP contribution in [0, 0.1) is 11.8 Å². The summed E-state index contributed by atoms with van der Waals surface area (Å²) in [6.07, 6.45) is 3.98. The third-order valence-corrected chi connectivity index (χ3v) is 4.22. The van der Waals surface area contributed by atoms with Crippen molar-refractivity contribution in [1.82, 2.24) is 4.90 Å². The third-order valence-electron chi connectivity index (χ3n) is 4.22. The molecule has 19 heavy (non-hydrogen) atoms. The summed E-state index contributed by atoms with van der Waals surface area (Å²) in [5, 5.41) is 0. The maximum atomic E-state index is 12.0. The number of carbonyl (C=O) groups is 1. The number of methoxy groups -OCH3 is 1. The molecule has 2 saturated heterocycles. The number of hydrogen-bond acceptors (Lipinski definition) is 3.